The van der Waals surface area contributed by atoms with Gasteiger partial charge in [0.2, 0.25) is 11.8 Å². The summed E-state index contributed by atoms with van der Waals surface area (Å²) in [6.45, 7) is 9.38. The predicted molar refractivity (Wildman–Crippen MR) is 102 cm³/mol. The van der Waals surface area contributed by atoms with Gasteiger partial charge >= 0.3 is 0 Å². The van der Waals surface area contributed by atoms with Crippen LogP contribution in [-0.4, -0.2) is 55.1 Å². The maximum atomic E-state index is 12.5. The Labute approximate surface area is 160 Å². The van der Waals surface area contributed by atoms with E-state index in [1.54, 1.807) is 12.1 Å². The van der Waals surface area contributed by atoms with E-state index in [2.05, 4.69) is 29.4 Å². The molecule has 1 atom stereocenters. The van der Waals surface area contributed by atoms with Gasteiger partial charge in [-0.1, -0.05) is 23.7 Å². The summed E-state index contributed by atoms with van der Waals surface area (Å²) in [5.74, 6) is -0.272. The Balaban J connectivity index is 1.93. The SMILES string of the molecule is CC(=O)N[C@@H](CC(=O)NCC(C)(C)N1CCOCC1)c1ccc(Cl)cc1. The van der Waals surface area contributed by atoms with Crippen molar-refractivity contribution in [2.24, 2.45) is 0 Å². The van der Waals surface area contributed by atoms with E-state index in [1.807, 2.05) is 12.1 Å². The number of hydrogen-bond donors (Lipinski definition) is 2. The highest BCUT2D eigenvalue weighted by molar-refractivity contribution is 6.30. The lowest BCUT2D eigenvalue weighted by Gasteiger charge is -2.40. The number of ether oxygens (including phenoxy) is 1. The molecule has 0 saturated carbocycles. The normalized spacial score (nSPS) is 16.8. The standard InChI is InChI=1S/C19H28ClN3O3/c1-14(24)22-17(15-4-6-16(20)7-5-15)12-18(25)21-13-19(2,3)23-8-10-26-11-9-23/h4-7,17H,8-13H2,1-3H3,(H,21,25)(H,22,24)/t17-/m0/s1. The van der Waals surface area contributed by atoms with Crippen molar-refractivity contribution >= 4 is 23.4 Å². The van der Waals surface area contributed by atoms with Gasteiger partial charge in [-0.05, 0) is 31.5 Å². The highest BCUT2D eigenvalue weighted by Gasteiger charge is 2.29. The third-order valence-electron chi connectivity index (χ3n) is 4.62. The quantitative estimate of drug-likeness (QED) is 0.759. The van der Waals surface area contributed by atoms with Crippen molar-refractivity contribution in [2.45, 2.75) is 38.8 Å². The van der Waals surface area contributed by atoms with Gasteiger partial charge in [0.15, 0.2) is 0 Å². The van der Waals surface area contributed by atoms with E-state index in [4.69, 9.17) is 16.3 Å². The fourth-order valence-corrected chi connectivity index (χ4v) is 3.17. The molecule has 1 aliphatic heterocycles. The number of morpholine rings is 1. The van der Waals surface area contributed by atoms with Gasteiger partial charge in [0, 0.05) is 37.1 Å². The highest BCUT2D eigenvalue weighted by Crippen LogP contribution is 2.20. The molecule has 0 aliphatic carbocycles. The van der Waals surface area contributed by atoms with E-state index in [9.17, 15) is 9.59 Å². The molecule has 0 unspecified atom stereocenters. The lowest BCUT2D eigenvalue weighted by molar-refractivity contribution is -0.123. The van der Waals surface area contributed by atoms with Crippen molar-refractivity contribution < 1.29 is 14.3 Å². The lowest BCUT2D eigenvalue weighted by Crippen LogP contribution is -2.55. The third kappa shape index (κ3) is 6.27. The summed E-state index contributed by atoms with van der Waals surface area (Å²) < 4.78 is 5.39. The van der Waals surface area contributed by atoms with Gasteiger partial charge in [0.05, 0.1) is 25.7 Å². The molecule has 1 heterocycles. The van der Waals surface area contributed by atoms with Gasteiger partial charge in [0.1, 0.15) is 0 Å². The first kappa shape index (κ1) is 20.7. The Hall–Kier alpha value is -1.63. The van der Waals surface area contributed by atoms with Gasteiger partial charge in [-0.15, -0.1) is 0 Å². The van der Waals surface area contributed by atoms with Crippen LogP contribution in [0.2, 0.25) is 5.02 Å². The summed E-state index contributed by atoms with van der Waals surface area (Å²) >= 11 is 5.92. The molecular formula is C19H28ClN3O3. The summed E-state index contributed by atoms with van der Waals surface area (Å²) in [5, 5.41) is 6.46. The Morgan fingerprint density at radius 2 is 1.85 bits per heavy atom. The molecule has 2 amide bonds. The van der Waals surface area contributed by atoms with Crippen LogP contribution in [-0.2, 0) is 14.3 Å². The maximum absolute atomic E-state index is 12.5. The van der Waals surface area contributed by atoms with Crippen LogP contribution < -0.4 is 10.6 Å². The molecule has 144 valence electrons. The number of nitrogens with zero attached hydrogens (tertiary/aromatic N) is 1. The smallest absolute Gasteiger partial charge is 0.222 e. The Kier molecular flexibility index (Phi) is 7.43. The Morgan fingerprint density at radius 3 is 2.42 bits per heavy atom. The summed E-state index contributed by atoms with van der Waals surface area (Å²) in [6.07, 6.45) is 0.181. The van der Waals surface area contributed by atoms with Crippen LogP contribution in [0.25, 0.3) is 0 Å². The summed E-state index contributed by atoms with van der Waals surface area (Å²) in [5.41, 5.74) is 0.704. The first-order chi connectivity index (χ1) is 12.3. The largest absolute Gasteiger partial charge is 0.379 e. The second kappa shape index (κ2) is 9.35. The molecule has 26 heavy (non-hydrogen) atoms. The minimum atomic E-state index is -0.378. The van der Waals surface area contributed by atoms with Crippen LogP contribution in [0.15, 0.2) is 24.3 Å². The second-order valence-electron chi connectivity index (χ2n) is 7.20. The summed E-state index contributed by atoms with van der Waals surface area (Å²) in [4.78, 5) is 26.3. The van der Waals surface area contributed by atoms with Crippen molar-refractivity contribution in [3.8, 4) is 0 Å². The van der Waals surface area contributed by atoms with Crippen LogP contribution >= 0.6 is 11.6 Å². The van der Waals surface area contributed by atoms with Crippen LogP contribution in [0, 0.1) is 0 Å². The highest BCUT2D eigenvalue weighted by atomic mass is 35.5. The summed E-state index contributed by atoms with van der Waals surface area (Å²) in [6, 6.07) is 6.79. The van der Waals surface area contributed by atoms with E-state index < -0.39 is 0 Å². The molecule has 0 radical (unpaired) electrons. The van der Waals surface area contributed by atoms with E-state index in [1.165, 1.54) is 6.92 Å². The van der Waals surface area contributed by atoms with Gasteiger partial charge in [-0.2, -0.15) is 0 Å². The van der Waals surface area contributed by atoms with E-state index >= 15 is 0 Å². The van der Waals surface area contributed by atoms with E-state index in [-0.39, 0.29) is 29.8 Å². The van der Waals surface area contributed by atoms with Crippen molar-refractivity contribution in [1.29, 1.82) is 0 Å². The number of benzene rings is 1. The Morgan fingerprint density at radius 1 is 1.23 bits per heavy atom. The summed E-state index contributed by atoms with van der Waals surface area (Å²) in [7, 11) is 0. The zero-order valence-corrected chi connectivity index (χ0v) is 16.4. The Bertz CT molecular complexity index is 613. The average molecular weight is 382 g/mol. The zero-order valence-electron chi connectivity index (χ0n) is 15.7. The molecule has 1 aliphatic rings. The monoisotopic (exact) mass is 381 g/mol. The van der Waals surface area contributed by atoms with Crippen LogP contribution in [0.5, 0.6) is 0 Å². The molecule has 0 aromatic heterocycles. The van der Waals surface area contributed by atoms with E-state index in [0.29, 0.717) is 11.6 Å². The van der Waals surface area contributed by atoms with Gasteiger partial charge in [0.25, 0.3) is 0 Å². The molecule has 2 rings (SSSR count). The first-order valence-corrected chi connectivity index (χ1v) is 9.28. The van der Waals surface area contributed by atoms with Crippen molar-refractivity contribution in [2.75, 3.05) is 32.8 Å². The fraction of sp³-hybridized carbons (Fsp3) is 0.579. The predicted octanol–water partition coefficient (Wildman–Crippen LogP) is 2.13. The minimum absolute atomic E-state index is 0.0972. The van der Waals surface area contributed by atoms with Crippen molar-refractivity contribution in [1.82, 2.24) is 15.5 Å². The molecule has 2 N–H and O–H groups in total. The molecule has 7 heteroatoms. The molecule has 1 aromatic rings. The van der Waals surface area contributed by atoms with E-state index in [0.717, 1.165) is 31.9 Å². The number of carbonyl (C=O) groups excluding carboxylic acids is 2. The topological polar surface area (TPSA) is 70.7 Å². The van der Waals surface area contributed by atoms with Gasteiger partial charge in [-0.3, -0.25) is 14.5 Å². The fourth-order valence-electron chi connectivity index (χ4n) is 3.05. The van der Waals surface area contributed by atoms with Gasteiger partial charge < -0.3 is 15.4 Å². The van der Waals surface area contributed by atoms with Crippen LogP contribution in [0.1, 0.15) is 38.8 Å². The van der Waals surface area contributed by atoms with Crippen LogP contribution in [0.3, 0.4) is 0 Å². The van der Waals surface area contributed by atoms with Gasteiger partial charge in [-0.25, -0.2) is 0 Å². The zero-order chi connectivity index (χ0) is 19.2. The number of rotatable bonds is 7. The number of nitrogens with one attached hydrogen (secondary N) is 2. The molecule has 1 aromatic carbocycles. The number of halogens is 1. The number of amides is 2. The van der Waals surface area contributed by atoms with Crippen molar-refractivity contribution in [3.63, 3.8) is 0 Å². The molecule has 0 spiro atoms. The molecule has 1 saturated heterocycles. The number of hydrogen-bond acceptors (Lipinski definition) is 4. The lowest BCUT2D eigenvalue weighted by atomic mass is 10.0. The second-order valence-corrected chi connectivity index (χ2v) is 7.63. The molecule has 6 nitrogen and oxygen atoms in total. The average Bonchev–Trinajstić information content (AvgIpc) is 2.60. The van der Waals surface area contributed by atoms with Crippen LogP contribution in [0.4, 0.5) is 0 Å². The van der Waals surface area contributed by atoms with Crippen molar-refractivity contribution in [3.05, 3.63) is 34.9 Å². The first-order valence-electron chi connectivity index (χ1n) is 8.90. The minimum Gasteiger partial charge on any atom is -0.379 e. The molecular weight excluding hydrogens is 354 g/mol. The maximum Gasteiger partial charge on any atom is 0.222 e. The molecule has 1 fully saturated rings. The number of carbonyl (C=O) groups is 2. The third-order valence-corrected chi connectivity index (χ3v) is 4.88. The molecule has 0 bridgehead atoms.